The molecule has 4 aromatic rings. The van der Waals surface area contributed by atoms with Crippen LogP contribution in [0.3, 0.4) is 0 Å². The van der Waals surface area contributed by atoms with E-state index < -0.39 is 0 Å². The molecule has 0 fully saturated rings. The Morgan fingerprint density at radius 2 is 1.51 bits per heavy atom. The Morgan fingerprint density at radius 1 is 0.892 bits per heavy atom. The molecular weight excluding hydrogens is 454 g/mol. The number of aryl methyl sites for hydroxylation is 1. The van der Waals surface area contributed by atoms with E-state index in [0.717, 1.165) is 46.7 Å². The van der Waals surface area contributed by atoms with Gasteiger partial charge in [0.25, 0.3) is 0 Å². The van der Waals surface area contributed by atoms with Crippen LogP contribution in [-0.4, -0.2) is 21.9 Å². The minimum absolute atomic E-state index is 0.0415. The smallest absolute Gasteiger partial charge is 0.166 e. The molecule has 1 heterocycles. The molecule has 0 bridgehead atoms. The second-order valence-electron chi connectivity index (χ2n) is 10.4. The fourth-order valence-electron chi connectivity index (χ4n) is 5.33. The first kappa shape index (κ1) is 26.6. The van der Waals surface area contributed by atoms with Crippen LogP contribution < -0.4 is 5.73 Å². The van der Waals surface area contributed by atoms with Crippen molar-refractivity contribution in [1.29, 1.82) is 0 Å². The SMILES string of the molecule is Cc1ccc(C(=O)[C@H](CCCN)C(c2nc(-c3ccccc3)c(C)n2Cc2ccccc2)C(C)C)cc1. The Hall–Kier alpha value is -3.50. The first-order valence-electron chi connectivity index (χ1n) is 13.4. The topological polar surface area (TPSA) is 60.9 Å². The lowest BCUT2D eigenvalue weighted by molar-refractivity contribution is 0.0867. The predicted molar refractivity (Wildman–Crippen MR) is 153 cm³/mol. The van der Waals surface area contributed by atoms with Gasteiger partial charge in [-0.15, -0.1) is 0 Å². The van der Waals surface area contributed by atoms with E-state index in [9.17, 15) is 4.79 Å². The highest BCUT2D eigenvalue weighted by Crippen LogP contribution is 2.39. The van der Waals surface area contributed by atoms with Gasteiger partial charge in [0, 0.05) is 35.2 Å². The van der Waals surface area contributed by atoms with Crippen molar-refractivity contribution in [1.82, 2.24) is 9.55 Å². The van der Waals surface area contributed by atoms with Crippen molar-refractivity contribution in [2.45, 2.75) is 53.0 Å². The number of imidazole rings is 1. The van der Waals surface area contributed by atoms with Crippen molar-refractivity contribution in [2.75, 3.05) is 6.54 Å². The number of carbonyl (C=O) groups excluding carboxylic acids is 1. The van der Waals surface area contributed by atoms with Gasteiger partial charge in [-0.05, 0) is 44.7 Å². The minimum Gasteiger partial charge on any atom is -0.330 e. The van der Waals surface area contributed by atoms with Gasteiger partial charge >= 0.3 is 0 Å². The average molecular weight is 494 g/mol. The zero-order chi connectivity index (χ0) is 26.4. The number of hydrogen-bond donors (Lipinski definition) is 1. The summed E-state index contributed by atoms with van der Waals surface area (Å²) in [7, 11) is 0. The van der Waals surface area contributed by atoms with Gasteiger partial charge in [-0.1, -0.05) is 104 Å². The summed E-state index contributed by atoms with van der Waals surface area (Å²) >= 11 is 0. The highest BCUT2D eigenvalue weighted by molar-refractivity contribution is 5.98. The normalized spacial score (nSPS) is 13.0. The van der Waals surface area contributed by atoms with Crippen LogP contribution in [0.15, 0.2) is 84.9 Å². The lowest BCUT2D eigenvalue weighted by atomic mass is 9.76. The van der Waals surface area contributed by atoms with Crippen molar-refractivity contribution in [3.8, 4) is 11.3 Å². The van der Waals surface area contributed by atoms with E-state index in [1.165, 1.54) is 5.56 Å². The molecule has 37 heavy (non-hydrogen) atoms. The Bertz CT molecular complexity index is 1290. The van der Waals surface area contributed by atoms with E-state index in [1.54, 1.807) is 0 Å². The first-order chi connectivity index (χ1) is 17.9. The molecule has 0 aliphatic heterocycles. The van der Waals surface area contributed by atoms with Gasteiger partial charge in [-0.25, -0.2) is 4.98 Å². The van der Waals surface area contributed by atoms with E-state index >= 15 is 0 Å². The number of rotatable bonds is 11. The quantitative estimate of drug-likeness (QED) is 0.225. The second kappa shape index (κ2) is 12.2. The van der Waals surface area contributed by atoms with Crippen LogP contribution in [0.2, 0.25) is 0 Å². The summed E-state index contributed by atoms with van der Waals surface area (Å²) in [6.45, 7) is 9.90. The van der Waals surface area contributed by atoms with E-state index in [4.69, 9.17) is 10.7 Å². The molecule has 4 nitrogen and oxygen atoms in total. The minimum atomic E-state index is -0.203. The third kappa shape index (κ3) is 6.08. The molecule has 0 spiro atoms. The van der Waals surface area contributed by atoms with Crippen LogP contribution in [0.1, 0.15) is 65.6 Å². The fourth-order valence-corrected chi connectivity index (χ4v) is 5.33. The molecular formula is C33H39N3O. The summed E-state index contributed by atoms with van der Waals surface area (Å²) in [5.74, 6) is 1.14. The van der Waals surface area contributed by atoms with E-state index in [2.05, 4.69) is 73.9 Å². The summed E-state index contributed by atoms with van der Waals surface area (Å²) < 4.78 is 2.33. The summed E-state index contributed by atoms with van der Waals surface area (Å²) in [5.41, 5.74) is 12.3. The molecule has 0 saturated heterocycles. The molecule has 2 N–H and O–H groups in total. The van der Waals surface area contributed by atoms with E-state index in [1.807, 2.05) is 43.3 Å². The molecule has 2 atom stereocenters. The summed E-state index contributed by atoms with van der Waals surface area (Å²) in [5, 5.41) is 0. The summed E-state index contributed by atoms with van der Waals surface area (Å²) in [4.78, 5) is 19.3. The van der Waals surface area contributed by atoms with Gasteiger partial charge in [0.05, 0.1) is 5.69 Å². The van der Waals surface area contributed by atoms with Crippen molar-refractivity contribution < 1.29 is 4.79 Å². The molecule has 0 saturated carbocycles. The monoisotopic (exact) mass is 493 g/mol. The van der Waals surface area contributed by atoms with Gasteiger partial charge in [-0.2, -0.15) is 0 Å². The Morgan fingerprint density at radius 3 is 2.11 bits per heavy atom. The van der Waals surface area contributed by atoms with Crippen LogP contribution in [0.25, 0.3) is 11.3 Å². The predicted octanol–water partition coefficient (Wildman–Crippen LogP) is 7.19. The molecule has 192 valence electrons. The van der Waals surface area contributed by atoms with Crippen molar-refractivity contribution in [3.05, 3.63) is 113 Å². The zero-order valence-electron chi connectivity index (χ0n) is 22.5. The van der Waals surface area contributed by atoms with Crippen LogP contribution in [0.5, 0.6) is 0 Å². The molecule has 4 heteroatoms. The van der Waals surface area contributed by atoms with Crippen LogP contribution in [-0.2, 0) is 6.54 Å². The molecule has 0 radical (unpaired) electrons. The van der Waals surface area contributed by atoms with Gasteiger partial charge < -0.3 is 10.3 Å². The molecule has 0 aliphatic carbocycles. The van der Waals surface area contributed by atoms with Crippen LogP contribution >= 0.6 is 0 Å². The number of hydrogen-bond acceptors (Lipinski definition) is 3. The lowest BCUT2D eigenvalue weighted by Crippen LogP contribution is -2.29. The lowest BCUT2D eigenvalue weighted by Gasteiger charge is -2.30. The van der Waals surface area contributed by atoms with Crippen LogP contribution in [0, 0.1) is 25.7 Å². The van der Waals surface area contributed by atoms with Gasteiger partial charge in [0.15, 0.2) is 5.78 Å². The Labute approximate surface area is 221 Å². The molecule has 0 aliphatic rings. The standard InChI is InChI=1S/C33H39N3O/c1-23(2)30(29(16-11-21-34)32(37)28-19-17-24(3)18-20-28)33-35-31(27-14-9-6-10-15-27)25(4)36(33)22-26-12-7-5-8-13-26/h5-10,12-15,17-20,23,29-30H,11,16,21-22,34H2,1-4H3/t29-,30?/m1/s1. The maximum Gasteiger partial charge on any atom is 0.166 e. The number of ketones is 1. The van der Waals surface area contributed by atoms with Gasteiger partial charge in [0.1, 0.15) is 5.82 Å². The van der Waals surface area contributed by atoms with E-state index in [0.29, 0.717) is 13.1 Å². The van der Waals surface area contributed by atoms with E-state index in [-0.39, 0.29) is 23.5 Å². The van der Waals surface area contributed by atoms with Crippen LogP contribution in [0.4, 0.5) is 0 Å². The largest absolute Gasteiger partial charge is 0.330 e. The number of carbonyl (C=O) groups is 1. The van der Waals surface area contributed by atoms with Crippen molar-refractivity contribution in [2.24, 2.45) is 17.6 Å². The third-order valence-electron chi connectivity index (χ3n) is 7.32. The number of Topliss-reactive ketones (excluding diaryl/α,β-unsaturated/α-hetero) is 1. The summed E-state index contributed by atoms with van der Waals surface area (Å²) in [6, 6.07) is 28.8. The highest BCUT2D eigenvalue weighted by atomic mass is 16.1. The van der Waals surface area contributed by atoms with Gasteiger partial charge in [0.2, 0.25) is 0 Å². The maximum absolute atomic E-state index is 14.0. The zero-order valence-corrected chi connectivity index (χ0v) is 22.5. The number of benzene rings is 3. The van der Waals surface area contributed by atoms with Crippen molar-refractivity contribution in [3.63, 3.8) is 0 Å². The second-order valence-corrected chi connectivity index (χ2v) is 10.4. The van der Waals surface area contributed by atoms with Crippen molar-refractivity contribution >= 4 is 5.78 Å². The first-order valence-corrected chi connectivity index (χ1v) is 13.4. The maximum atomic E-state index is 14.0. The number of nitrogens with zero attached hydrogens (tertiary/aromatic N) is 2. The average Bonchev–Trinajstić information content (AvgIpc) is 3.22. The number of aromatic nitrogens is 2. The molecule has 1 aromatic heterocycles. The van der Waals surface area contributed by atoms with Gasteiger partial charge in [-0.3, -0.25) is 4.79 Å². The molecule has 4 rings (SSSR count). The summed E-state index contributed by atoms with van der Waals surface area (Å²) in [6.07, 6.45) is 1.54. The third-order valence-corrected chi connectivity index (χ3v) is 7.32. The Kier molecular flexibility index (Phi) is 8.73. The molecule has 0 amide bonds. The highest BCUT2D eigenvalue weighted by Gasteiger charge is 2.36. The number of nitrogens with two attached hydrogens (primary N) is 1. The molecule has 1 unspecified atom stereocenters. The molecule has 3 aromatic carbocycles. The fraction of sp³-hybridized carbons (Fsp3) is 0.333. The Balaban J connectivity index is 1.86.